The van der Waals surface area contributed by atoms with Gasteiger partial charge < -0.3 is 19.7 Å². The van der Waals surface area contributed by atoms with Gasteiger partial charge in [-0.25, -0.2) is 4.39 Å². The average Bonchev–Trinajstić information content (AvgIpc) is 3.16. The minimum atomic E-state index is -0.464. The van der Waals surface area contributed by atoms with E-state index in [2.05, 4.69) is 10.2 Å². The molecule has 0 atom stereocenters. The van der Waals surface area contributed by atoms with E-state index in [1.807, 2.05) is 6.07 Å². The van der Waals surface area contributed by atoms with Crippen LogP contribution in [-0.2, 0) is 4.79 Å². The molecular weight excluding hydrogens is 323 g/mol. The third-order valence-corrected chi connectivity index (χ3v) is 4.12. The molecule has 0 saturated carbocycles. The zero-order chi connectivity index (χ0) is 17.6. The van der Waals surface area contributed by atoms with Crippen molar-refractivity contribution in [2.24, 2.45) is 0 Å². The molecule has 1 aliphatic heterocycles. The van der Waals surface area contributed by atoms with Crippen molar-refractivity contribution >= 4 is 17.3 Å². The van der Waals surface area contributed by atoms with Crippen LogP contribution in [-0.4, -0.2) is 32.7 Å². The van der Waals surface area contributed by atoms with Crippen LogP contribution >= 0.6 is 0 Å². The number of ether oxygens (including phenoxy) is 2. The summed E-state index contributed by atoms with van der Waals surface area (Å²) in [4.78, 5) is 14.3. The van der Waals surface area contributed by atoms with Crippen LogP contribution < -0.4 is 19.7 Å². The van der Waals surface area contributed by atoms with Gasteiger partial charge in [0, 0.05) is 18.8 Å². The SMILES string of the molecule is COc1ccccc1OCC(=O)Nc1cc(N2CCCC2)ccc1F. The molecule has 6 heteroatoms. The number of para-hydroxylation sites is 2. The van der Waals surface area contributed by atoms with Crippen molar-refractivity contribution in [3.63, 3.8) is 0 Å². The normalized spacial score (nSPS) is 13.6. The first-order chi connectivity index (χ1) is 12.2. The van der Waals surface area contributed by atoms with Crippen LogP contribution in [0.2, 0.25) is 0 Å². The van der Waals surface area contributed by atoms with Crippen molar-refractivity contribution < 1.29 is 18.7 Å². The van der Waals surface area contributed by atoms with Gasteiger partial charge in [0.05, 0.1) is 12.8 Å². The molecule has 2 aromatic rings. The number of hydrogen-bond donors (Lipinski definition) is 1. The topological polar surface area (TPSA) is 50.8 Å². The molecule has 1 aliphatic rings. The Morgan fingerprint density at radius 3 is 2.60 bits per heavy atom. The molecule has 1 heterocycles. The zero-order valence-corrected chi connectivity index (χ0v) is 14.1. The molecule has 2 aromatic carbocycles. The minimum Gasteiger partial charge on any atom is -0.493 e. The predicted molar refractivity (Wildman–Crippen MR) is 95.0 cm³/mol. The Morgan fingerprint density at radius 2 is 1.88 bits per heavy atom. The van der Waals surface area contributed by atoms with Crippen LogP contribution in [0, 0.1) is 5.82 Å². The van der Waals surface area contributed by atoms with Gasteiger partial charge in [0.1, 0.15) is 5.82 Å². The second kappa shape index (κ2) is 7.88. The Balaban J connectivity index is 1.63. The molecule has 0 radical (unpaired) electrons. The second-order valence-corrected chi connectivity index (χ2v) is 5.85. The van der Waals surface area contributed by atoms with Gasteiger partial charge in [0.15, 0.2) is 18.1 Å². The lowest BCUT2D eigenvalue weighted by Crippen LogP contribution is -2.22. The molecule has 1 N–H and O–H groups in total. The lowest BCUT2D eigenvalue weighted by Gasteiger charge is -2.19. The van der Waals surface area contributed by atoms with E-state index >= 15 is 0 Å². The van der Waals surface area contributed by atoms with Crippen LogP contribution in [0.4, 0.5) is 15.8 Å². The lowest BCUT2D eigenvalue weighted by molar-refractivity contribution is -0.118. The van der Waals surface area contributed by atoms with Crippen molar-refractivity contribution in [1.29, 1.82) is 0 Å². The fourth-order valence-electron chi connectivity index (χ4n) is 2.85. The highest BCUT2D eigenvalue weighted by Crippen LogP contribution is 2.27. The molecular formula is C19H21FN2O3. The van der Waals surface area contributed by atoms with Crippen LogP contribution in [0.25, 0.3) is 0 Å². The Bertz CT molecular complexity index is 745. The number of anilines is 2. The molecule has 1 fully saturated rings. The third-order valence-electron chi connectivity index (χ3n) is 4.12. The van der Waals surface area contributed by atoms with Crippen molar-refractivity contribution in [3.05, 3.63) is 48.3 Å². The maximum absolute atomic E-state index is 14.0. The summed E-state index contributed by atoms with van der Waals surface area (Å²) < 4.78 is 24.6. The first kappa shape index (κ1) is 17.1. The standard InChI is InChI=1S/C19H21FN2O3/c1-24-17-6-2-3-7-18(17)25-13-19(23)21-16-12-14(8-9-15(16)20)22-10-4-5-11-22/h2-3,6-9,12H,4-5,10-11,13H2,1H3,(H,21,23). The molecule has 0 spiro atoms. The van der Waals surface area contributed by atoms with Gasteiger partial charge in [-0.2, -0.15) is 0 Å². The van der Waals surface area contributed by atoms with E-state index < -0.39 is 11.7 Å². The van der Waals surface area contributed by atoms with Crippen molar-refractivity contribution in [1.82, 2.24) is 0 Å². The van der Waals surface area contributed by atoms with Gasteiger partial charge in [0.25, 0.3) is 5.91 Å². The summed E-state index contributed by atoms with van der Waals surface area (Å²) in [7, 11) is 1.53. The van der Waals surface area contributed by atoms with E-state index in [0.29, 0.717) is 11.5 Å². The number of benzene rings is 2. The van der Waals surface area contributed by atoms with Gasteiger partial charge in [0.2, 0.25) is 0 Å². The lowest BCUT2D eigenvalue weighted by atomic mass is 10.2. The molecule has 132 valence electrons. The molecule has 0 unspecified atom stereocenters. The van der Waals surface area contributed by atoms with Gasteiger partial charge in [-0.3, -0.25) is 4.79 Å². The highest BCUT2D eigenvalue weighted by molar-refractivity contribution is 5.92. The Morgan fingerprint density at radius 1 is 1.16 bits per heavy atom. The molecule has 0 bridgehead atoms. The quantitative estimate of drug-likeness (QED) is 0.872. The third kappa shape index (κ3) is 4.21. The fraction of sp³-hybridized carbons (Fsp3) is 0.316. The number of halogens is 1. The van der Waals surface area contributed by atoms with Gasteiger partial charge in [-0.15, -0.1) is 0 Å². The van der Waals surface area contributed by atoms with Crippen molar-refractivity contribution in [2.75, 3.05) is 37.0 Å². The molecule has 1 saturated heterocycles. The number of hydrogen-bond acceptors (Lipinski definition) is 4. The maximum Gasteiger partial charge on any atom is 0.262 e. The zero-order valence-electron chi connectivity index (χ0n) is 14.1. The number of rotatable bonds is 6. The van der Waals surface area contributed by atoms with E-state index in [0.717, 1.165) is 31.6 Å². The van der Waals surface area contributed by atoms with E-state index in [1.165, 1.54) is 13.2 Å². The van der Waals surface area contributed by atoms with Gasteiger partial charge >= 0.3 is 0 Å². The van der Waals surface area contributed by atoms with Crippen LogP contribution in [0.15, 0.2) is 42.5 Å². The molecule has 3 rings (SSSR count). The summed E-state index contributed by atoms with van der Waals surface area (Å²) in [5.41, 5.74) is 1.08. The number of nitrogens with zero attached hydrogens (tertiary/aromatic N) is 1. The molecule has 25 heavy (non-hydrogen) atoms. The number of carbonyl (C=O) groups excluding carboxylic acids is 1. The molecule has 0 aromatic heterocycles. The number of nitrogens with one attached hydrogen (secondary N) is 1. The number of carbonyl (C=O) groups is 1. The maximum atomic E-state index is 14.0. The summed E-state index contributed by atoms with van der Waals surface area (Å²) in [5.74, 6) is 0.112. The van der Waals surface area contributed by atoms with Crippen LogP contribution in [0.5, 0.6) is 11.5 Å². The van der Waals surface area contributed by atoms with Gasteiger partial charge in [-0.1, -0.05) is 12.1 Å². The molecule has 0 aliphatic carbocycles. The van der Waals surface area contributed by atoms with E-state index in [9.17, 15) is 9.18 Å². The number of methoxy groups -OCH3 is 1. The fourth-order valence-corrected chi connectivity index (χ4v) is 2.85. The van der Waals surface area contributed by atoms with Gasteiger partial charge in [-0.05, 0) is 43.2 Å². The molecule has 1 amide bonds. The van der Waals surface area contributed by atoms with Crippen molar-refractivity contribution in [2.45, 2.75) is 12.8 Å². The Hall–Kier alpha value is -2.76. The van der Waals surface area contributed by atoms with E-state index in [-0.39, 0.29) is 12.3 Å². The average molecular weight is 344 g/mol. The largest absolute Gasteiger partial charge is 0.493 e. The number of amides is 1. The van der Waals surface area contributed by atoms with E-state index in [1.54, 1.807) is 30.3 Å². The van der Waals surface area contributed by atoms with Crippen LogP contribution in [0.1, 0.15) is 12.8 Å². The smallest absolute Gasteiger partial charge is 0.262 e. The first-order valence-electron chi connectivity index (χ1n) is 8.27. The first-order valence-corrected chi connectivity index (χ1v) is 8.27. The summed E-state index contributed by atoms with van der Waals surface area (Å²) in [6.07, 6.45) is 2.26. The minimum absolute atomic E-state index is 0.165. The van der Waals surface area contributed by atoms with Crippen LogP contribution in [0.3, 0.4) is 0 Å². The Kier molecular flexibility index (Phi) is 5.38. The van der Waals surface area contributed by atoms with Crippen molar-refractivity contribution in [3.8, 4) is 11.5 Å². The van der Waals surface area contributed by atoms with E-state index in [4.69, 9.17) is 9.47 Å². The summed E-state index contributed by atoms with van der Waals surface area (Å²) in [6.45, 7) is 1.68. The Labute approximate surface area is 146 Å². The predicted octanol–water partition coefficient (Wildman–Crippen LogP) is 3.45. The summed E-state index contributed by atoms with van der Waals surface area (Å²) >= 11 is 0. The highest BCUT2D eigenvalue weighted by Gasteiger charge is 2.15. The molecule has 5 nitrogen and oxygen atoms in total. The summed E-state index contributed by atoms with van der Waals surface area (Å²) in [6, 6.07) is 11.8. The second-order valence-electron chi connectivity index (χ2n) is 5.85. The monoisotopic (exact) mass is 344 g/mol. The highest BCUT2D eigenvalue weighted by atomic mass is 19.1. The summed E-state index contributed by atoms with van der Waals surface area (Å²) in [5, 5.41) is 2.58.